The number of ether oxygens (including phenoxy) is 7. The second-order valence-electron chi connectivity index (χ2n) is 20.6. The van der Waals surface area contributed by atoms with Crippen molar-refractivity contribution in [1.82, 2.24) is 19.6 Å². The van der Waals surface area contributed by atoms with Gasteiger partial charge in [-0.2, -0.15) is 0 Å². The van der Waals surface area contributed by atoms with Crippen LogP contribution in [0, 0.1) is 0 Å². The molecule has 0 unspecified atom stereocenters. The van der Waals surface area contributed by atoms with Gasteiger partial charge in [-0.1, -0.05) is 37.8 Å². The SMILES string of the molecule is C.COCCCOc1cc(C(=O)N(C(C)C)[C@@H]2CCCN(C(=O)OC(C)(C)C)C2)ccc1O.COCCCOc1cc(C(=O)N(C(C)C)[C@@H]2CCCN(C(=O)OC(C)(C)C)C2)ccc1OCc1ccccc1. The standard InChI is InChI=1S/C31H44N2O6.C24H38N2O6.CH4/c1-23(2)33(26-14-10-17-32(21-26)30(35)39-31(3,4)5)29(34)25-15-16-27(28(20-25)37-19-11-18-36-6)38-22-24-12-8-7-9-13-24;1-17(2)26(19-9-7-12-25(16-19)23(29)32-24(3,4)5)22(28)18-10-11-20(27)21(15-18)31-14-8-13-30-6;/h7-9,12-13,15-16,20,23,26H,10-11,14,17-19,21-22H2,1-6H3;10-11,15,17,19,27H,7-9,12-14,16H2,1-6H3;1H4/t26-;19-;/m11./s1. The summed E-state index contributed by atoms with van der Waals surface area (Å²) < 4.78 is 39.0. The van der Waals surface area contributed by atoms with Crippen molar-refractivity contribution in [2.24, 2.45) is 0 Å². The molecule has 4 amide bonds. The number of carbonyl (C=O) groups is 4. The number of likely N-dealkylation sites (tertiary alicyclic amines) is 2. The first-order chi connectivity index (χ1) is 33.6. The third-order valence-corrected chi connectivity index (χ3v) is 11.6. The third kappa shape index (κ3) is 19.4. The number of benzene rings is 3. The summed E-state index contributed by atoms with van der Waals surface area (Å²) in [5.41, 5.74) is 0.866. The van der Waals surface area contributed by atoms with E-state index in [1.54, 1.807) is 54.4 Å². The van der Waals surface area contributed by atoms with Gasteiger partial charge in [-0.15, -0.1) is 0 Å². The van der Waals surface area contributed by atoms with Gasteiger partial charge in [0.2, 0.25) is 0 Å². The Morgan fingerprint density at radius 3 is 1.50 bits per heavy atom. The van der Waals surface area contributed by atoms with E-state index in [2.05, 4.69) is 0 Å². The van der Waals surface area contributed by atoms with Gasteiger partial charge >= 0.3 is 12.2 Å². The Kier molecular flexibility index (Phi) is 24.5. The van der Waals surface area contributed by atoms with Gasteiger partial charge in [0.1, 0.15) is 17.8 Å². The van der Waals surface area contributed by atoms with E-state index in [1.165, 1.54) is 6.07 Å². The molecular formula is C56H86N4O12. The van der Waals surface area contributed by atoms with Gasteiger partial charge < -0.3 is 57.9 Å². The number of aromatic hydroxyl groups is 1. The van der Waals surface area contributed by atoms with Gasteiger partial charge in [0.25, 0.3) is 11.8 Å². The van der Waals surface area contributed by atoms with Crippen molar-refractivity contribution in [3.63, 3.8) is 0 Å². The highest BCUT2D eigenvalue weighted by Crippen LogP contribution is 2.33. The molecule has 0 saturated carbocycles. The first-order valence-corrected chi connectivity index (χ1v) is 25.1. The van der Waals surface area contributed by atoms with Gasteiger partial charge in [0.15, 0.2) is 23.0 Å². The van der Waals surface area contributed by atoms with Crippen LogP contribution in [0.4, 0.5) is 9.59 Å². The van der Waals surface area contributed by atoms with E-state index < -0.39 is 11.2 Å². The zero-order valence-corrected chi connectivity index (χ0v) is 44.5. The average Bonchev–Trinajstić information content (AvgIpc) is 3.31. The number of hydrogen-bond acceptors (Lipinski definition) is 12. The van der Waals surface area contributed by atoms with Crippen LogP contribution < -0.4 is 14.2 Å². The molecule has 0 radical (unpaired) electrons. The molecule has 0 spiro atoms. The van der Waals surface area contributed by atoms with Gasteiger partial charge in [-0.3, -0.25) is 9.59 Å². The topological polar surface area (TPSA) is 166 Å². The quantitative estimate of drug-likeness (QED) is 0.113. The molecule has 16 nitrogen and oxygen atoms in total. The first-order valence-electron chi connectivity index (χ1n) is 25.1. The molecule has 3 aromatic rings. The number of hydrogen-bond donors (Lipinski definition) is 1. The molecule has 0 aromatic heterocycles. The molecule has 0 aliphatic carbocycles. The maximum Gasteiger partial charge on any atom is 0.410 e. The molecule has 2 saturated heterocycles. The van der Waals surface area contributed by atoms with E-state index in [0.29, 0.717) is 94.7 Å². The van der Waals surface area contributed by atoms with Crippen LogP contribution in [-0.2, 0) is 25.6 Å². The number of methoxy groups -OCH3 is 2. The van der Waals surface area contributed by atoms with E-state index in [-0.39, 0.29) is 67.1 Å². The Labute approximate surface area is 430 Å². The molecule has 2 fully saturated rings. The molecular weight excluding hydrogens is 921 g/mol. The van der Waals surface area contributed by atoms with Crippen molar-refractivity contribution in [3.8, 4) is 23.0 Å². The third-order valence-electron chi connectivity index (χ3n) is 11.6. The van der Waals surface area contributed by atoms with Gasteiger partial charge in [-0.25, -0.2) is 9.59 Å². The van der Waals surface area contributed by atoms with E-state index in [9.17, 15) is 24.3 Å². The zero-order valence-electron chi connectivity index (χ0n) is 44.5. The predicted octanol–water partition coefficient (Wildman–Crippen LogP) is 10.6. The summed E-state index contributed by atoms with van der Waals surface area (Å²) in [6, 6.07) is 19.6. The lowest BCUT2D eigenvalue weighted by Crippen LogP contribution is -2.54. The Morgan fingerprint density at radius 2 is 1.06 bits per heavy atom. The summed E-state index contributed by atoms with van der Waals surface area (Å²) in [4.78, 5) is 59.8. The summed E-state index contributed by atoms with van der Waals surface area (Å²) in [5.74, 6) is 1.11. The maximum absolute atomic E-state index is 13.9. The second-order valence-corrected chi connectivity index (χ2v) is 20.6. The van der Waals surface area contributed by atoms with Crippen LogP contribution in [0.3, 0.4) is 0 Å². The van der Waals surface area contributed by atoms with Gasteiger partial charge in [0, 0.05) is 89.7 Å². The Hall–Kier alpha value is -5.74. The van der Waals surface area contributed by atoms with Crippen LogP contribution >= 0.6 is 0 Å². The fraction of sp³-hybridized carbons (Fsp3) is 0.607. The van der Waals surface area contributed by atoms with Crippen LogP contribution in [0.25, 0.3) is 0 Å². The van der Waals surface area contributed by atoms with E-state index >= 15 is 0 Å². The Balaban J connectivity index is 0.000000382. The molecule has 2 aliphatic heterocycles. The number of amides is 4. The summed E-state index contributed by atoms with van der Waals surface area (Å²) in [6.07, 6.45) is 3.93. The molecule has 16 heteroatoms. The molecule has 1 N–H and O–H groups in total. The molecule has 5 rings (SSSR count). The fourth-order valence-electron chi connectivity index (χ4n) is 8.43. The van der Waals surface area contributed by atoms with Crippen molar-refractivity contribution in [3.05, 3.63) is 83.4 Å². The lowest BCUT2D eigenvalue weighted by Gasteiger charge is -2.41. The van der Waals surface area contributed by atoms with Crippen molar-refractivity contribution in [1.29, 1.82) is 0 Å². The molecule has 72 heavy (non-hydrogen) atoms. The molecule has 0 bridgehead atoms. The van der Waals surface area contributed by atoms with Crippen LogP contribution in [-0.4, -0.2) is 151 Å². The Morgan fingerprint density at radius 1 is 0.611 bits per heavy atom. The molecule has 2 heterocycles. The number of phenols is 1. The minimum Gasteiger partial charge on any atom is -0.504 e. The maximum atomic E-state index is 13.9. The molecule has 2 atom stereocenters. The first kappa shape index (κ1) is 60.6. The minimum atomic E-state index is -0.568. The minimum absolute atomic E-state index is 0. The largest absolute Gasteiger partial charge is 0.504 e. The van der Waals surface area contributed by atoms with Gasteiger partial charge in [0.05, 0.1) is 25.3 Å². The summed E-state index contributed by atoms with van der Waals surface area (Å²) in [6.45, 7) is 23.5. The van der Waals surface area contributed by atoms with Crippen molar-refractivity contribution in [2.45, 2.75) is 157 Å². The number of carbonyl (C=O) groups excluding carboxylic acids is 4. The smallest absolute Gasteiger partial charge is 0.410 e. The average molecular weight is 1010 g/mol. The highest BCUT2D eigenvalue weighted by molar-refractivity contribution is 5.96. The van der Waals surface area contributed by atoms with Gasteiger partial charge in [-0.05, 0) is 137 Å². The van der Waals surface area contributed by atoms with E-state index in [1.807, 2.05) is 109 Å². The van der Waals surface area contributed by atoms with E-state index in [0.717, 1.165) is 31.2 Å². The van der Waals surface area contributed by atoms with Crippen LogP contribution in [0.15, 0.2) is 66.7 Å². The van der Waals surface area contributed by atoms with Crippen molar-refractivity contribution in [2.75, 3.05) is 66.8 Å². The number of piperidine rings is 2. The highest BCUT2D eigenvalue weighted by Gasteiger charge is 2.36. The molecule has 2 aliphatic rings. The lowest BCUT2D eigenvalue weighted by molar-refractivity contribution is 0.00724. The van der Waals surface area contributed by atoms with Crippen LogP contribution in [0.1, 0.15) is 141 Å². The Bertz CT molecular complexity index is 2140. The monoisotopic (exact) mass is 1010 g/mol. The predicted molar refractivity (Wildman–Crippen MR) is 280 cm³/mol. The lowest BCUT2D eigenvalue weighted by atomic mass is 10.0. The summed E-state index contributed by atoms with van der Waals surface area (Å²) in [7, 11) is 3.27. The van der Waals surface area contributed by atoms with Crippen molar-refractivity contribution >= 4 is 24.0 Å². The number of phenolic OH excluding ortho intramolecular Hbond substituents is 1. The molecule has 3 aromatic carbocycles. The number of rotatable bonds is 19. The van der Waals surface area contributed by atoms with E-state index in [4.69, 9.17) is 33.2 Å². The number of nitrogens with zero attached hydrogens (tertiary/aromatic N) is 4. The normalized spacial score (nSPS) is 15.9. The summed E-state index contributed by atoms with van der Waals surface area (Å²) in [5, 5.41) is 10.1. The van der Waals surface area contributed by atoms with Crippen molar-refractivity contribution < 1.29 is 57.4 Å². The highest BCUT2D eigenvalue weighted by atomic mass is 16.6. The van der Waals surface area contributed by atoms with Crippen LogP contribution in [0.2, 0.25) is 0 Å². The zero-order chi connectivity index (χ0) is 52.3. The second kappa shape index (κ2) is 29.1. The molecule has 402 valence electrons. The summed E-state index contributed by atoms with van der Waals surface area (Å²) >= 11 is 0. The fourth-order valence-corrected chi connectivity index (χ4v) is 8.43. The van der Waals surface area contributed by atoms with Crippen LogP contribution in [0.5, 0.6) is 23.0 Å².